The van der Waals surface area contributed by atoms with Gasteiger partial charge in [-0.1, -0.05) is 12.1 Å². The van der Waals surface area contributed by atoms with Crippen molar-refractivity contribution in [3.63, 3.8) is 0 Å². The predicted octanol–water partition coefficient (Wildman–Crippen LogP) is 4.25. The Morgan fingerprint density at radius 1 is 1.40 bits per heavy atom. The average molecular weight is 460 g/mol. The number of hydrogen-bond acceptors (Lipinski definition) is 6. The molecule has 2 aromatic rings. The number of alkyl halides is 2. The summed E-state index contributed by atoms with van der Waals surface area (Å²) in [5.41, 5.74) is 0. The summed E-state index contributed by atoms with van der Waals surface area (Å²) in [6, 6.07) is 4.40. The van der Waals surface area contributed by atoms with Gasteiger partial charge in [-0.15, -0.1) is 11.3 Å². The number of ether oxygens (including phenoxy) is 1. The summed E-state index contributed by atoms with van der Waals surface area (Å²) in [6.45, 7) is 0.640. The van der Waals surface area contributed by atoms with Crippen LogP contribution in [0.25, 0.3) is 0 Å². The monoisotopic (exact) mass is 460 g/mol. The van der Waals surface area contributed by atoms with Crippen molar-refractivity contribution < 1.29 is 31.1 Å². The summed E-state index contributed by atoms with van der Waals surface area (Å²) in [6.07, 6.45) is 3.99. The second-order valence-electron chi connectivity index (χ2n) is 7.10. The first-order valence-corrected chi connectivity index (χ1v) is 11.7. The van der Waals surface area contributed by atoms with Crippen molar-refractivity contribution in [1.29, 1.82) is 0 Å². The van der Waals surface area contributed by atoms with Gasteiger partial charge in [0.1, 0.15) is 11.6 Å². The van der Waals surface area contributed by atoms with Crippen molar-refractivity contribution in [1.82, 2.24) is 10.3 Å². The molecule has 30 heavy (non-hydrogen) atoms. The molecule has 1 aliphatic rings. The van der Waals surface area contributed by atoms with E-state index >= 15 is 0 Å². The van der Waals surface area contributed by atoms with Crippen LogP contribution in [0.4, 0.5) is 13.2 Å². The molecule has 0 aliphatic heterocycles. The molecule has 1 amide bonds. The minimum Gasteiger partial charge on any atom is -0.437 e. The smallest absolute Gasteiger partial charge is 0.296 e. The van der Waals surface area contributed by atoms with Crippen LogP contribution in [0.1, 0.15) is 34.4 Å². The molecule has 1 aromatic carbocycles. The van der Waals surface area contributed by atoms with Crippen molar-refractivity contribution in [3.05, 3.63) is 51.5 Å². The lowest BCUT2D eigenvalue weighted by atomic mass is 10.2. The molecule has 0 radical (unpaired) electrons. The van der Waals surface area contributed by atoms with E-state index in [-0.39, 0.29) is 22.4 Å². The third kappa shape index (κ3) is 6.05. The van der Waals surface area contributed by atoms with Crippen LogP contribution in [0.5, 0.6) is 11.6 Å². The van der Waals surface area contributed by atoms with E-state index in [1.54, 1.807) is 0 Å². The fraction of sp³-hybridized carbons (Fsp3) is 0.368. The Morgan fingerprint density at radius 2 is 2.10 bits per heavy atom. The highest BCUT2D eigenvalue weighted by atomic mass is 32.2. The van der Waals surface area contributed by atoms with Crippen LogP contribution >= 0.6 is 11.3 Å². The molecular formula is C19H19F3N2O4S2. The van der Waals surface area contributed by atoms with Gasteiger partial charge in [-0.2, -0.15) is 13.8 Å². The van der Waals surface area contributed by atoms with Crippen molar-refractivity contribution in [2.24, 2.45) is 5.92 Å². The maximum Gasteiger partial charge on any atom is 0.296 e. The maximum absolute atomic E-state index is 13.8. The third-order valence-electron chi connectivity index (χ3n) is 4.15. The number of rotatable bonds is 8. The lowest BCUT2D eigenvalue weighted by Gasteiger charge is -2.14. The molecule has 1 fully saturated rings. The van der Waals surface area contributed by atoms with E-state index in [9.17, 15) is 26.4 Å². The Hall–Kier alpha value is -2.40. The van der Waals surface area contributed by atoms with Gasteiger partial charge in [0.25, 0.3) is 11.8 Å². The number of nitrogens with one attached hydrogen (secondary N) is 1. The summed E-state index contributed by atoms with van der Waals surface area (Å²) < 4.78 is 69.2. The number of benzene rings is 1. The van der Waals surface area contributed by atoms with Crippen LogP contribution in [0.2, 0.25) is 0 Å². The SMILES string of the molecule is CC(F)(F)c1nc(Oc2cccc(F)c2)c(C(=O)N[C@H](/C=C/S(C)(=O)=O)C2CC2)s1. The molecule has 0 bridgehead atoms. The number of hydrogen-bond donors (Lipinski definition) is 1. The van der Waals surface area contributed by atoms with Gasteiger partial charge in [-0.25, -0.2) is 12.8 Å². The summed E-state index contributed by atoms with van der Waals surface area (Å²) in [5, 5.41) is 3.02. The number of halogens is 3. The Morgan fingerprint density at radius 3 is 2.67 bits per heavy atom. The Balaban J connectivity index is 1.89. The third-order valence-corrected chi connectivity index (χ3v) is 6.01. The molecule has 1 atom stereocenters. The van der Waals surface area contributed by atoms with Crippen LogP contribution in [-0.4, -0.2) is 31.6 Å². The molecule has 1 aliphatic carbocycles. The number of thiazole rings is 1. The van der Waals surface area contributed by atoms with Crippen LogP contribution in [0, 0.1) is 11.7 Å². The minimum atomic E-state index is -3.39. The molecule has 0 saturated heterocycles. The van der Waals surface area contributed by atoms with E-state index in [4.69, 9.17) is 4.74 Å². The highest BCUT2D eigenvalue weighted by Gasteiger charge is 2.35. The summed E-state index contributed by atoms with van der Waals surface area (Å²) in [7, 11) is -3.39. The highest BCUT2D eigenvalue weighted by molar-refractivity contribution is 7.93. The molecule has 6 nitrogen and oxygen atoms in total. The van der Waals surface area contributed by atoms with Gasteiger partial charge in [0.05, 0.1) is 6.04 Å². The van der Waals surface area contributed by atoms with E-state index in [1.165, 1.54) is 24.3 Å². The second kappa shape index (κ2) is 8.38. The fourth-order valence-electron chi connectivity index (χ4n) is 2.57. The number of amides is 1. The zero-order chi connectivity index (χ0) is 22.1. The lowest BCUT2D eigenvalue weighted by molar-refractivity contribution is 0.0169. The van der Waals surface area contributed by atoms with Gasteiger partial charge in [-0.05, 0) is 30.9 Å². The molecule has 1 heterocycles. The lowest BCUT2D eigenvalue weighted by Crippen LogP contribution is -2.34. The average Bonchev–Trinajstić information content (AvgIpc) is 3.36. The first-order valence-electron chi connectivity index (χ1n) is 8.94. The summed E-state index contributed by atoms with van der Waals surface area (Å²) in [4.78, 5) is 16.3. The molecule has 1 saturated carbocycles. The van der Waals surface area contributed by atoms with Gasteiger partial charge in [-0.3, -0.25) is 4.79 Å². The van der Waals surface area contributed by atoms with Gasteiger partial charge < -0.3 is 10.1 Å². The van der Waals surface area contributed by atoms with Gasteiger partial charge >= 0.3 is 0 Å². The van der Waals surface area contributed by atoms with Crippen LogP contribution < -0.4 is 10.1 Å². The minimum absolute atomic E-state index is 0.00367. The fourth-order valence-corrected chi connectivity index (χ4v) is 3.85. The van der Waals surface area contributed by atoms with E-state index in [0.29, 0.717) is 18.3 Å². The molecule has 0 unspecified atom stereocenters. The van der Waals surface area contributed by atoms with Crippen LogP contribution in [0.15, 0.2) is 35.7 Å². The van der Waals surface area contributed by atoms with Crippen molar-refractivity contribution in [2.75, 3.05) is 6.26 Å². The topological polar surface area (TPSA) is 85.4 Å². The largest absolute Gasteiger partial charge is 0.437 e. The van der Waals surface area contributed by atoms with Crippen LogP contribution in [-0.2, 0) is 15.8 Å². The predicted molar refractivity (Wildman–Crippen MR) is 106 cm³/mol. The molecule has 0 spiro atoms. The Bertz CT molecular complexity index is 1070. The summed E-state index contributed by atoms with van der Waals surface area (Å²) >= 11 is 0.461. The van der Waals surface area contributed by atoms with Crippen LogP contribution in [0.3, 0.4) is 0 Å². The summed E-state index contributed by atoms with van der Waals surface area (Å²) in [5.74, 6) is -4.97. The number of nitrogens with zero attached hydrogens (tertiary/aromatic N) is 1. The number of aromatic nitrogens is 1. The number of sulfone groups is 1. The molecule has 11 heteroatoms. The number of carbonyl (C=O) groups excluding carboxylic acids is 1. The number of carbonyl (C=O) groups is 1. The van der Waals surface area contributed by atoms with Crippen molar-refractivity contribution in [2.45, 2.75) is 31.7 Å². The van der Waals surface area contributed by atoms with Gasteiger partial charge in [0, 0.05) is 24.7 Å². The first-order chi connectivity index (χ1) is 13.9. The standard InChI is InChI=1S/C19H19F3N2O4S2/c1-19(21,22)18-24-17(28-13-5-3-4-12(20)10-13)15(29-18)16(25)23-14(11-6-7-11)8-9-30(2,26)27/h3-5,8-11,14H,6-7H2,1-2H3,(H,23,25)/b9-8+/t14-/m1/s1. The van der Waals surface area contributed by atoms with E-state index in [0.717, 1.165) is 30.6 Å². The molecular weight excluding hydrogens is 441 g/mol. The van der Waals surface area contributed by atoms with E-state index < -0.39 is 38.5 Å². The van der Waals surface area contributed by atoms with Gasteiger partial charge in [0.2, 0.25) is 5.88 Å². The van der Waals surface area contributed by atoms with Crippen molar-refractivity contribution in [3.8, 4) is 11.6 Å². The normalized spacial score (nSPS) is 15.9. The van der Waals surface area contributed by atoms with E-state index in [2.05, 4.69) is 10.3 Å². The van der Waals surface area contributed by atoms with E-state index in [1.807, 2.05) is 0 Å². The molecule has 162 valence electrons. The second-order valence-corrected chi connectivity index (χ2v) is 10.0. The quantitative estimate of drug-likeness (QED) is 0.637. The Kier molecular flexibility index (Phi) is 6.23. The van der Waals surface area contributed by atoms with Gasteiger partial charge in [0.15, 0.2) is 19.7 Å². The highest BCUT2D eigenvalue weighted by Crippen LogP contribution is 2.38. The Labute approximate surface area is 175 Å². The first kappa shape index (κ1) is 22.3. The molecule has 3 rings (SSSR count). The van der Waals surface area contributed by atoms with Crippen molar-refractivity contribution >= 4 is 27.1 Å². The molecule has 1 aromatic heterocycles. The maximum atomic E-state index is 13.8. The zero-order valence-electron chi connectivity index (χ0n) is 16.1. The molecule has 1 N–H and O–H groups in total. The zero-order valence-corrected chi connectivity index (χ0v) is 17.7.